The van der Waals surface area contributed by atoms with Crippen LogP contribution < -0.4 is 10.1 Å². The van der Waals surface area contributed by atoms with Crippen molar-refractivity contribution < 1.29 is 14.3 Å². The molecule has 2 aromatic carbocycles. The third-order valence-corrected chi connectivity index (χ3v) is 4.61. The molecule has 0 saturated carbocycles. The number of ether oxygens (including phenoxy) is 2. The molecule has 1 aliphatic rings. The second-order valence-electron chi connectivity index (χ2n) is 5.28. The summed E-state index contributed by atoms with van der Waals surface area (Å²) in [5, 5.41) is 5.85. The molecule has 3 aromatic rings. The van der Waals surface area contributed by atoms with Crippen LogP contribution in [0.25, 0.3) is 11.3 Å². The summed E-state index contributed by atoms with van der Waals surface area (Å²) >= 11 is 1.47. The van der Waals surface area contributed by atoms with Gasteiger partial charge in [-0.05, 0) is 30.3 Å². The van der Waals surface area contributed by atoms with Gasteiger partial charge >= 0.3 is 5.97 Å². The summed E-state index contributed by atoms with van der Waals surface area (Å²) in [4.78, 5) is 16.4. The first kappa shape index (κ1) is 14.7. The minimum atomic E-state index is -0.497. The summed E-state index contributed by atoms with van der Waals surface area (Å²) in [6.07, 6.45) is -0.497. The number of anilines is 1. The smallest absolute Gasteiger partial charge is 0.340 e. The molecule has 0 unspecified atom stereocenters. The van der Waals surface area contributed by atoms with Gasteiger partial charge in [0.05, 0.1) is 18.4 Å². The Morgan fingerprint density at radius 3 is 2.75 bits per heavy atom. The van der Waals surface area contributed by atoms with Crippen LogP contribution in [0.15, 0.2) is 53.9 Å². The first-order valence-electron chi connectivity index (χ1n) is 7.41. The van der Waals surface area contributed by atoms with E-state index in [2.05, 4.69) is 10.3 Å². The van der Waals surface area contributed by atoms with Crippen LogP contribution in [0.5, 0.6) is 5.75 Å². The van der Waals surface area contributed by atoms with Crippen molar-refractivity contribution >= 4 is 22.4 Å². The Balaban J connectivity index is 1.55. The van der Waals surface area contributed by atoms with Crippen molar-refractivity contribution in [1.29, 1.82) is 0 Å². The highest BCUT2D eigenvalue weighted by atomic mass is 32.1. The van der Waals surface area contributed by atoms with E-state index in [9.17, 15) is 4.79 Å². The lowest BCUT2D eigenvalue weighted by Crippen LogP contribution is -2.09. The van der Waals surface area contributed by atoms with Crippen LogP contribution in [-0.4, -0.2) is 18.1 Å². The second-order valence-corrected chi connectivity index (χ2v) is 6.14. The molecule has 1 aliphatic heterocycles. The van der Waals surface area contributed by atoms with Gasteiger partial charge in [0, 0.05) is 16.5 Å². The van der Waals surface area contributed by atoms with Crippen molar-refractivity contribution in [2.75, 3.05) is 12.4 Å². The average Bonchev–Trinajstić information content (AvgIpc) is 3.21. The summed E-state index contributed by atoms with van der Waals surface area (Å²) in [5.74, 6) is 0.497. The average molecular weight is 338 g/mol. The maximum absolute atomic E-state index is 11.9. The van der Waals surface area contributed by atoms with E-state index in [1.165, 1.54) is 11.3 Å². The Morgan fingerprint density at radius 1 is 1.17 bits per heavy atom. The molecule has 1 aromatic heterocycles. The molecule has 120 valence electrons. The largest absolute Gasteiger partial charge is 0.497 e. The molecule has 0 fully saturated rings. The number of methoxy groups -OCH3 is 1. The van der Waals surface area contributed by atoms with Crippen LogP contribution in [-0.2, 0) is 4.74 Å². The number of nitrogens with one attached hydrogen (secondary N) is 1. The number of fused-ring (bicyclic) bond motifs is 1. The number of nitrogens with zero attached hydrogens (tertiary/aromatic N) is 1. The molecule has 6 heteroatoms. The molecule has 5 nitrogen and oxygen atoms in total. The van der Waals surface area contributed by atoms with Crippen LogP contribution in [0, 0.1) is 0 Å². The third-order valence-electron chi connectivity index (χ3n) is 3.83. The fourth-order valence-electron chi connectivity index (χ4n) is 2.60. The van der Waals surface area contributed by atoms with Gasteiger partial charge in [0.2, 0.25) is 6.23 Å². The standard InChI is InChI=1S/C18H14N2O3S/c1-22-12-8-6-11(7-9-12)15-10-24-18(19-15)20-16-13-4-2-3-5-14(13)17(21)23-16/h2-10,16H,1H3,(H,19,20)/t16-/m1/s1. The molecule has 2 heterocycles. The second kappa shape index (κ2) is 5.98. The molecule has 0 spiro atoms. The lowest BCUT2D eigenvalue weighted by molar-refractivity contribution is 0.0437. The Kier molecular flexibility index (Phi) is 3.66. The number of hydrogen-bond donors (Lipinski definition) is 1. The van der Waals surface area contributed by atoms with Crippen LogP contribution in [0.2, 0.25) is 0 Å². The Morgan fingerprint density at radius 2 is 1.96 bits per heavy atom. The molecular formula is C18H14N2O3S. The zero-order chi connectivity index (χ0) is 16.5. The zero-order valence-corrected chi connectivity index (χ0v) is 13.7. The van der Waals surface area contributed by atoms with Crippen LogP contribution in [0.3, 0.4) is 0 Å². The highest BCUT2D eigenvalue weighted by Gasteiger charge is 2.30. The quantitative estimate of drug-likeness (QED) is 0.726. The van der Waals surface area contributed by atoms with Gasteiger partial charge in [-0.15, -0.1) is 11.3 Å². The monoisotopic (exact) mass is 338 g/mol. The zero-order valence-electron chi connectivity index (χ0n) is 12.9. The number of benzene rings is 2. The van der Waals surface area contributed by atoms with Crippen LogP contribution >= 0.6 is 11.3 Å². The minimum Gasteiger partial charge on any atom is -0.497 e. The number of aromatic nitrogens is 1. The highest BCUT2D eigenvalue weighted by molar-refractivity contribution is 7.14. The van der Waals surface area contributed by atoms with Crippen molar-refractivity contribution in [1.82, 2.24) is 4.98 Å². The number of esters is 1. The van der Waals surface area contributed by atoms with Crippen molar-refractivity contribution in [3.05, 3.63) is 65.0 Å². The molecule has 0 radical (unpaired) electrons. The number of carbonyl (C=O) groups excluding carboxylic acids is 1. The maximum Gasteiger partial charge on any atom is 0.340 e. The van der Waals surface area contributed by atoms with Crippen molar-refractivity contribution in [3.8, 4) is 17.0 Å². The maximum atomic E-state index is 11.9. The van der Waals surface area contributed by atoms with E-state index in [1.54, 1.807) is 13.2 Å². The van der Waals surface area contributed by atoms with Crippen molar-refractivity contribution in [2.45, 2.75) is 6.23 Å². The molecule has 0 saturated heterocycles. The number of thiazole rings is 1. The normalized spacial score (nSPS) is 15.7. The van der Waals surface area contributed by atoms with Gasteiger partial charge < -0.3 is 14.8 Å². The van der Waals surface area contributed by atoms with E-state index in [-0.39, 0.29) is 5.97 Å². The SMILES string of the molecule is COc1ccc(-c2csc(N[C@@H]3OC(=O)c4ccccc43)n2)cc1. The lowest BCUT2D eigenvalue weighted by atomic mass is 10.1. The fraction of sp³-hybridized carbons (Fsp3) is 0.111. The van der Waals surface area contributed by atoms with Crippen LogP contribution in [0.1, 0.15) is 22.1 Å². The summed E-state index contributed by atoms with van der Waals surface area (Å²) in [6, 6.07) is 15.1. The molecule has 1 atom stereocenters. The first-order chi connectivity index (χ1) is 11.7. The van der Waals surface area contributed by atoms with Crippen molar-refractivity contribution in [2.24, 2.45) is 0 Å². The van der Waals surface area contributed by atoms with Gasteiger partial charge in [0.25, 0.3) is 0 Å². The molecule has 0 aliphatic carbocycles. The molecular weight excluding hydrogens is 324 g/mol. The summed E-state index contributed by atoms with van der Waals surface area (Å²) in [7, 11) is 1.64. The summed E-state index contributed by atoms with van der Waals surface area (Å²) in [5.41, 5.74) is 3.30. The summed E-state index contributed by atoms with van der Waals surface area (Å²) in [6.45, 7) is 0. The van der Waals surface area contributed by atoms with Gasteiger partial charge in [-0.25, -0.2) is 9.78 Å². The number of cyclic esters (lactones) is 1. The van der Waals surface area contributed by atoms with Crippen LogP contribution in [0.4, 0.5) is 5.13 Å². The van der Waals surface area contributed by atoms with Gasteiger partial charge in [-0.3, -0.25) is 0 Å². The van der Waals surface area contributed by atoms with E-state index in [4.69, 9.17) is 9.47 Å². The Labute approximate surface area is 142 Å². The lowest BCUT2D eigenvalue weighted by Gasteiger charge is -2.11. The van der Waals surface area contributed by atoms with E-state index < -0.39 is 6.23 Å². The topological polar surface area (TPSA) is 60.5 Å². The Hall–Kier alpha value is -2.86. The van der Waals surface area contributed by atoms with E-state index >= 15 is 0 Å². The van der Waals surface area contributed by atoms with Gasteiger partial charge in [-0.2, -0.15) is 0 Å². The van der Waals surface area contributed by atoms with E-state index in [0.717, 1.165) is 22.6 Å². The van der Waals surface area contributed by atoms with E-state index in [1.807, 2.05) is 47.8 Å². The summed E-state index contributed by atoms with van der Waals surface area (Å²) < 4.78 is 10.5. The fourth-order valence-corrected chi connectivity index (χ4v) is 3.34. The Bertz CT molecular complexity index is 889. The predicted molar refractivity (Wildman–Crippen MR) is 92.3 cm³/mol. The number of hydrogen-bond acceptors (Lipinski definition) is 6. The highest BCUT2D eigenvalue weighted by Crippen LogP contribution is 2.33. The van der Waals surface area contributed by atoms with Gasteiger partial charge in [-0.1, -0.05) is 18.2 Å². The molecule has 1 N–H and O–H groups in total. The molecule has 0 bridgehead atoms. The minimum absolute atomic E-state index is 0.310. The van der Waals surface area contributed by atoms with Gasteiger partial charge in [0.1, 0.15) is 5.75 Å². The third kappa shape index (κ3) is 2.61. The molecule has 0 amide bonds. The molecule has 4 rings (SSSR count). The molecule has 24 heavy (non-hydrogen) atoms. The number of carbonyl (C=O) groups is 1. The first-order valence-corrected chi connectivity index (χ1v) is 8.29. The van der Waals surface area contributed by atoms with Gasteiger partial charge in [0.15, 0.2) is 5.13 Å². The predicted octanol–water partition coefficient (Wildman–Crippen LogP) is 4.10. The number of rotatable bonds is 4. The van der Waals surface area contributed by atoms with E-state index in [0.29, 0.717) is 10.7 Å². The van der Waals surface area contributed by atoms with Crippen molar-refractivity contribution in [3.63, 3.8) is 0 Å².